The Hall–Kier alpha value is -2.45. The van der Waals surface area contributed by atoms with Crippen LogP contribution >= 0.6 is 0 Å². The van der Waals surface area contributed by atoms with Crippen LogP contribution in [0.1, 0.15) is 37.0 Å². The molecule has 2 aromatic rings. The van der Waals surface area contributed by atoms with E-state index in [0.717, 1.165) is 16.8 Å². The number of nitrogens with zero attached hydrogens (tertiary/aromatic N) is 2. The number of para-hydroxylation sites is 1. The molecule has 2 aliphatic rings. The van der Waals surface area contributed by atoms with E-state index in [9.17, 15) is 20.1 Å². The van der Waals surface area contributed by atoms with E-state index in [2.05, 4.69) is 15.1 Å². The summed E-state index contributed by atoms with van der Waals surface area (Å²) in [6.07, 6.45) is -0.0951. The number of likely N-dealkylation sites (tertiary alicyclic amines) is 1. The standard InChI is InChI=1S/C25H33N3O4/c1-18(23(31)20-9-7-19(16-29)8-10-20)22(30)15-27-13-11-25(12-14-27)24(32)26-17-28(25)21-5-3-2-4-6-21/h2-10,18,22-23,29-31H,11-17H2,1H3,(H,26,32). The summed E-state index contributed by atoms with van der Waals surface area (Å²) in [4.78, 5) is 17.1. The molecule has 2 aliphatic heterocycles. The van der Waals surface area contributed by atoms with E-state index in [1.54, 1.807) is 24.3 Å². The van der Waals surface area contributed by atoms with Crippen molar-refractivity contribution < 1.29 is 20.1 Å². The summed E-state index contributed by atoms with van der Waals surface area (Å²) in [5, 5.41) is 33.7. The summed E-state index contributed by atoms with van der Waals surface area (Å²) in [6, 6.07) is 17.2. The second-order valence-electron chi connectivity index (χ2n) is 9.03. The summed E-state index contributed by atoms with van der Waals surface area (Å²) in [7, 11) is 0. The number of amides is 1. The van der Waals surface area contributed by atoms with Gasteiger partial charge in [0.05, 0.1) is 25.5 Å². The average Bonchev–Trinajstić information content (AvgIpc) is 3.15. The highest BCUT2D eigenvalue weighted by molar-refractivity contribution is 5.93. The van der Waals surface area contributed by atoms with Crippen LogP contribution in [0, 0.1) is 5.92 Å². The van der Waals surface area contributed by atoms with Gasteiger partial charge in [0.25, 0.3) is 0 Å². The third kappa shape index (κ3) is 4.38. The summed E-state index contributed by atoms with van der Waals surface area (Å²) in [6.45, 7) is 4.20. The van der Waals surface area contributed by atoms with Gasteiger partial charge in [-0.15, -0.1) is 0 Å². The zero-order valence-corrected chi connectivity index (χ0v) is 18.5. The largest absolute Gasteiger partial charge is 0.392 e. The lowest BCUT2D eigenvalue weighted by Crippen LogP contribution is -2.57. The van der Waals surface area contributed by atoms with E-state index < -0.39 is 17.7 Å². The molecule has 1 amide bonds. The first kappa shape index (κ1) is 22.7. The van der Waals surface area contributed by atoms with Gasteiger partial charge in [-0.3, -0.25) is 4.79 Å². The number of hydrogen-bond donors (Lipinski definition) is 4. The molecule has 7 heteroatoms. The minimum atomic E-state index is -0.789. The Morgan fingerprint density at radius 2 is 1.69 bits per heavy atom. The molecule has 3 unspecified atom stereocenters. The summed E-state index contributed by atoms with van der Waals surface area (Å²) in [5.41, 5.74) is 2.02. The van der Waals surface area contributed by atoms with E-state index in [1.165, 1.54) is 0 Å². The minimum Gasteiger partial charge on any atom is -0.392 e. The molecular weight excluding hydrogens is 406 g/mol. The van der Waals surface area contributed by atoms with Gasteiger partial charge in [-0.25, -0.2) is 0 Å². The number of aliphatic hydroxyl groups excluding tert-OH is 3. The Balaban J connectivity index is 1.36. The van der Waals surface area contributed by atoms with Crippen LogP contribution in [0.4, 0.5) is 5.69 Å². The number of aliphatic hydroxyl groups is 3. The number of carbonyl (C=O) groups excluding carboxylic acids is 1. The van der Waals surface area contributed by atoms with Gasteiger partial charge in [0.2, 0.25) is 5.91 Å². The second-order valence-corrected chi connectivity index (χ2v) is 9.03. The fourth-order valence-corrected chi connectivity index (χ4v) is 4.90. The topological polar surface area (TPSA) is 96.3 Å². The van der Waals surface area contributed by atoms with Gasteiger partial charge in [-0.05, 0) is 36.1 Å². The molecule has 32 heavy (non-hydrogen) atoms. The molecule has 0 bridgehead atoms. The second kappa shape index (κ2) is 9.58. The van der Waals surface area contributed by atoms with Crippen LogP contribution in [0.2, 0.25) is 0 Å². The Bertz CT molecular complexity index is 897. The normalized spacial score (nSPS) is 21.4. The molecule has 2 saturated heterocycles. The van der Waals surface area contributed by atoms with Crippen molar-refractivity contribution >= 4 is 11.6 Å². The SMILES string of the molecule is CC(C(O)CN1CCC2(CC1)C(=O)NCN2c1ccccc1)C(O)c1ccc(CO)cc1. The smallest absolute Gasteiger partial charge is 0.247 e. The number of hydrogen-bond acceptors (Lipinski definition) is 6. The summed E-state index contributed by atoms with van der Waals surface area (Å²) < 4.78 is 0. The zero-order chi connectivity index (χ0) is 22.7. The van der Waals surface area contributed by atoms with E-state index in [0.29, 0.717) is 39.1 Å². The van der Waals surface area contributed by atoms with E-state index in [-0.39, 0.29) is 18.4 Å². The van der Waals surface area contributed by atoms with Crippen molar-refractivity contribution in [3.8, 4) is 0 Å². The maximum Gasteiger partial charge on any atom is 0.247 e. The van der Waals surface area contributed by atoms with Gasteiger partial charge in [0, 0.05) is 31.2 Å². The number of anilines is 1. The Kier molecular flexibility index (Phi) is 6.81. The zero-order valence-electron chi connectivity index (χ0n) is 18.5. The third-order valence-electron chi connectivity index (χ3n) is 7.14. The molecule has 2 fully saturated rings. The van der Waals surface area contributed by atoms with Gasteiger partial charge in [-0.1, -0.05) is 49.4 Å². The number of nitrogens with one attached hydrogen (secondary N) is 1. The highest BCUT2D eigenvalue weighted by Crippen LogP contribution is 2.36. The lowest BCUT2D eigenvalue weighted by molar-refractivity contribution is -0.125. The minimum absolute atomic E-state index is 0.0370. The molecule has 0 radical (unpaired) electrons. The molecule has 1 spiro atoms. The van der Waals surface area contributed by atoms with Crippen molar-refractivity contribution in [3.05, 3.63) is 65.7 Å². The predicted octanol–water partition coefficient (Wildman–Crippen LogP) is 1.64. The van der Waals surface area contributed by atoms with E-state index in [1.807, 2.05) is 37.3 Å². The van der Waals surface area contributed by atoms with Gasteiger partial charge < -0.3 is 30.4 Å². The van der Waals surface area contributed by atoms with Gasteiger partial charge >= 0.3 is 0 Å². The maximum absolute atomic E-state index is 12.8. The van der Waals surface area contributed by atoms with E-state index >= 15 is 0 Å². The Morgan fingerprint density at radius 3 is 2.31 bits per heavy atom. The average molecular weight is 440 g/mol. The summed E-state index contributed by atoms with van der Waals surface area (Å²) in [5.74, 6) is -0.266. The van der Waals surface area contributed by atoms with Crippen LogP contribution < -0.4 is 10.2 Å². The number of piperidine rings is 1. The molecule has 4 N–H and O–H groups in total. The molecule has 0 aliphatic carbocycles. The van der Waals surface area contributed by atoms with Crippen LogP contribution in [-0.4, -0.2) is 64.1 Å². The highest BCUT2D eigenvalue weighted by Gasteiger charge is 2.50. The molecule has 3 atom stereocenters. The Morgan fingerprint density at radius 1 is 1.03 bits per heavy atom. The quantitative estimate of drug-likeness (QED) is 0.524. The first-order valence-electron chi connectivity index (χ1n) is 11.3. The third-order valence-corrected chi connectivity index (χ3v) is 7.14. The van der Waals surface area contributed by atoms with Crippen molar-refractivity contribution in [2.45, 2.75) is 44.1 Å². The number of carbonyl (C=O) groups is 1. The van der Waals surface area contributed by atoms with Crippen molar-refractivity contribution in [2.75, 3.05) is 31.2 Å². The maximum atomic E-state index is 12.8. The monoisotopic (exact) mass is 439 g/mol. The van der Waals surface area contributed by atoms with Gasteiger partial charge in [0.1, 0.15) is 5.54 Å². The van der Waals surface area contributed by atoms with Crippen molar-refractivity contribution in [1.29, 1.82) is 0 Å². The lowest BCUT2D eigenvalue weighted by Gasteiger charge is -2.44. The molecule has 2 aromatic carbocycles. The van der Waals surface area contributed by atoms with Crippen molar-refractivity contribution in [2.24, 2.45) is 5.92 Å². The molecular formula is C25H33N3O4. The van der Waals surface area contributed by atoms with Crippen LogP contribution in [0.5, 0.6) is 0 Å². The van der Waals surface area contributed by atoms with Crippen LogP contribution in [0.3, 0.4) is 0 Å². The van der Waals surface area contributed by atoms with E-state index in [4.69, 9.17) is 0 Å². The summed E-state index contributed by atoms with van der Waals surface area (Å²) >= 11 is 0. The van der Waals surface area contributed by atoms with Crippen LogP contribution in [0.25, 0.3) is 0 Å². The predicted molar refractivity (Wildman–Crippen MR) is 123 cm³/mol. The van der Waals surface area contributed by atoms with Gasteiger partial charge in [0.15, 0.2) is 0 Å². The van der Waals surface area contributed by atoms with Gasteiger partial charge in [-0.2, -0.15) is 0 Å². The number of β-amino-alcohol motifs (C(OH)–C–C–N with tert-alkyl or cyclic N) is 1. The number of benzene rings is 2. The van der Waals surface area contributed by atoms with Crippen molar-refractivity contribution in [3.63, 3.8) is 0 Å². The molecule has 0 aromatic heterocycles. The molecule has 0 saturated carbocycles. The van der Waals surface area contributed by atoms with Crippen LogP contribution in [-0.2, 0) is 11.4 Å². The lowest BCUT2D eigenvalue weighted by atomic mass is 9.85. The number of rotatable bonds is 7. The van der Waals surface area contributed by atoms with Crippen molar-refractivity contribution in [1.82, 2.24) is 10.2 Å². The fourth-order valence-electron chi connectivity index (χ4n) is 4.90. The molecule has 4 rings (SSSR count). The molecule has 7 nitrogen and oxygen atoms in total. The fraction of sp³-hybridized carbons (Fsp3) is 0.480. The van der Waals surface area contributed by atoms with Crippen LogP contribution in [0.15, 0.2) is 54.6 Å². The highest BCUT2D eigenvalue weighted by atomic mass is 16.3. The Labute approximate surface area is 189 Å². The first-order chi connectivity index (χ1) is 15.4. The molecule has 172 valence electrons. The molecule has 2 heterocycles. The first-order valence-corrected chi connectivity index (χ1v) is 11.3.